The lowest BCUT2D eigenvalue weighted by molar-refractivity contribution is 0.977. The van der Waals surface area contributed by atoms with Gasteiger partial charge in [-0.2, -0.15) is 0 Å². The van der Waals surface area contributed by atoms with Crippen LogP contribution in [0, 0.1) is 6.92 Å². The van der Waals surface area contributed by atoms with Crippen molar-refractivity contribution in [3.05, 3.63) is 74.5 Å². The zero-order chi connectivity index (χ0) is 15.8. The van der Waals surface area contributed by atoms with Crippen LogP contribution >= 0.6 is 22.7 Å². The molecule has 0 aliphatic carbocycles. The number of hydrogen-bond donors (Lipinski definition) is 1. The van der Waals surface area contributed by atoms with Crippen molar-refractivity contribution in [2.45, 2.75) is 13.3 Å². The van der Waals surface area contributed by atoms with Gasteiger partial charge in [0.25, 0.3) is 5.56 Å². The predicted octanol–water partition coefficient (Wildman–Crippen LogP) is 4.61. The van der Waals surface area contributed by atoms with Crippen LogP contribution in [0.5, 0.6) is 0 Å². The van der Waals surface area contributed by atoms with E-state index in [4.69, 9.17) is 4.98 Å². The Morgan fingerprint density at radius 1 is 1.13 bits per heavy atom. The van der Waals surface area contributed by atoms with Crippen LogP contribution in [0.4, 0.5) is 0 Å². The average molecular weight is 338 g/mol. The topological polar surface area (TPSA) is 45.8 Å². The summed E-state index contributed by atoms with van der Waals surface area (Å²) in [6, 6.07) is 14.1. The van der Waals surface area contributed by atoms with E-state index in [9.17, 15) is 4.79 Å². The first-order valence-electron chi connectivity index (χ1n) is 7.32. The number of benzene rings is 1. The second kappa shape index (κ2) is 5.76. The third kappa shape index (κ3) is 2.62. The number of rotatable bonds is 3. The highest BCUT2D eigenvalue weighted by molar-refractivity contribution is 7.20. The van der Waals surface area contributed by atoms with E-state index in [0.717, 1.165) is 25.7 Å². The zero-order valence-corrected chi connectivity index (χ0v) is 14.1. The summed E-state index contributed by atoms with van der Waals surface area (Å²) in [5, 5.41) is 2.75. The molecule has 0 aliphatic rings. The van der Waals surface area contributed by atoms with Crippen LogP contribution in [0.25, 0.3) is 20.7 Å². The SMILES string of the molecule is Cc1sc2nc(Cc3ccccc3)[nH]c(=O)c2c1-c1cccs1. The monoisotopic (exact) mass is 338 g/mol. The van der Waals surface area contributed by atoms with Crippen molar-refractivity contribution >= 4 is 32.9 Å². The molecule has 114 valence electrons. The predicted molar refractivity (Wildman–Crippen MR) is 97.5 cm³/mol. The number of H-pyrrole nitrogens is 1. The molecular formula is C18H14N2OS2. The van der Waals surface area contributed by atoms with E-state index < -0.39 is 0 Å². The van der Waals surface area contributed by atoms with Gasteiger partial charge in [-0.05, 0) is 23.9 Å². The molecule has 23 heavy (non-hydrogen) atoms. The number of aryl methyl sites for hydroxylation is 1. The van der Waals surface area contributed by atoms with Gasteiger partial charge >= 0.3 is 0 Å². The van der Waals surface area contributed by atoms with Gasteiger partial charge in [-0.15, -0.1) is 22.7 Å². The minimum absolute atomic E-state index is 0.0475. The van der Waals surface area contributed by atoms with E-state index in [1.54, 1.807) is 22.7 Å². The van der Waals surface area contributed by atoms with Crippen LogP contribution < -0.4 is 5.56 Å². The number of aromatic nitrogens is 2. The summed E-state index contributed by atoms with van der Waals surface area (Å²) in [4.78, 5) is 23.4. The van der Waals surface area contributed by atoms with E-state index in [1.807, 2.05) is 41.8 Å². The minimum atomic E-state index is -0.0475. The van der Waals surface area contributed by atoms with Crippen molar-refractivity contribution in [3.63, 3.8) is 0 Å². The molecule has 0 radical (unpaired) electrons. The van der Waals surface area contributed by atoms with Crippen LogP contribution in [0.2, 0.25) is 0 Å². The lowest BCUT2D eigenvalue weighted by Crippen LogP contribution is -2.11. The molecule has 0 amide bonds. The molecule has 3 nitrogen and oxygen atoms in total. The first-order valence-corrected chi connectivity index (χ1v) is 9.02. The maximum absolute atomic E-state index is 12.6. The van der Waals surface area contributed by atoms with E-state index in [-0.39, 0.29) is 5.56 Å². The first kappa shape index (κ1) is 14.4. The fourth-order valence-electron chi connectivity index (χ4n) is 2.75. The summed E-state index contributed by atoms with van der Waals surface area (Å²) < 4.78 is 0. The molecule has 3 aromatic heterocycles. The molecule has 0 saturated heterocycles. The lowest BCUT2D eigenvalue weighted by atomic mass is 10.1. The fourth-order valence-corrected chi connectivity index (χ4v) is 4.71. The highest BCUT2D eigenvalue weighted by atomic mass is 32.1. The summed E-state index contributed by atoms with van der Waals surface area (Å²) in [6.45, 7) is 2.05. The van der Waals surface area contributed by atoms with Crippen molar-refractivity contribution in [1.29, 1.82) is 0 Å². The molecule has 0 bridgehead atoms. The van der Waals surface area contributed by atoms with Gasteiger partial charge in [0.15, 0.2) is 0 Å². The largest absolute Gasteiger partial charge is 0.310 e. The number of hydrogen-bond acceptors (Lipinski definition) is 4. The van der Waals surface area contributed by atoms with Crippen LogP contribution in [0.1, 0.15) is 16.3 Å². The molecule has 0 spiro atoms. The molecule has 5 heteroatoms. The Morgan fingerprint density at radius 3 is 2.70 bits per heavy atom. The molecule has 1 aromatic carbocycles. The Hall–Kier alpha value is -2.24. The summed E-state index contributed by atoms with van der Waals surface area (Å²) in [5.74, 6) is 0.715. The van der Waals surface area contributed by atoms with E-state index in [2.05, 4.69) is 18.0 Å². The fraction of sp³-hybridized carbons (Fsp3) is 0.111. The van der Waals surface area contributed by atoms with Crippen molar-refractivity contribution < 1.29 is 0 Å². The highest BCUT2D eigenvalue weighted by Crippen LogP contribution is 2.37. The van der Waals surface area contributed by atoms with Gasteiger partial charge in [-0.1, -0.05) is 36.4 Å². The van der Waals surface area contributed by atoms with Crippen LogP contribution in [-0.4, -0.2) is 9.97 Å². The first-order chi connectivity index (χ1) is 11.2. The molecule has 0 saturated carbocycles. The van der Waals surface area contributed by atoms with Crippen LogP contribution in [0.3, 0.4) is 0 Å². The molecule has 0 atom stereocenters. The molecule has 0 aliphatic heterocycles. The maximum Gasteiger partial charge on any atom is 0.260 e. The number of fused-ring (bicyclic) bond motifs is 1. The van der Waals surface area contributed by atoms with Gasteiger partial charge in [0.05, 0.1) is 5.39 Å². The quantitative estimate of drug-likeness (QED) is 0.593. The number of nitrogens with one attached hydrogen (secondary N) is 1. The molecular weight excluding hydrogens is 324 g/mol. The lowest BCUT2D eigenvalue weighted by Gasteiger charge is -2.02. The van der Waals surface area contributed by atoms with Gasteiger partial charge in [-0.3, -0.25) is 4.79 Å². The van der Waals surface area contributed by atoms with Crippen molar-refractivity contribution in [2.75, 3.05) is 0 Å². The molecule has 0 fully saturated rings. The third-order valence-corrected chi connectivity index (χ3v) is 5.66. The number of aromatic amines is 1. The Bertz CT molecular complexity index is 1010. The van der Waals surface area contributed by atoms with Crippen molar-refractivity contribution in [2.24, 2.45) is 0 Å². The Kier molecular flexibility index (Phi) is 3.59. The summed E-state index contributed by atoms with van der Waals surface area (Å²) in [5.41, 5.74) is 2.12. The normalized spacial score (nSPS) is 11.2. The molecule has 0 unspecified atom stereocenters. The minimum Gasteiger partial charge on any atom is -0.310 e. The summed E-state index contributed by atoms with van der Waals surface area (Å²) >= 11 is 3.24. The third-order valence-electron chi connectivity index (χ3n) is 3.77. The van der Waals surface area contributed by atoms with Crippen LogP contribution in [0.15, 0.2) is 52.6 Å². The van der Waals surface area contributed by atoms with E-state index in [0.29, 0.717) is 17.6 Å². The highest BCUT2D eigenvalue weighted by Gasteiger charge is 2.17. The summed E-state index contributed by atoms with van der Waals surface area (Å²) in [6.07, 6.45) is 0.636. The molecule has 1 N–H and O–H groups in total. The number of nitrogens with zero attached hydrogens (tertiary/aromatic N) is 1. The Balaban J connectivity index is 1.85. The Labute approximate surface area is 141 Å². The van der Waals surface area contributed by atoms with E-state index in [1.165, 1.54) is 0 Å². The van der Waals surface area contributed by atoms with Crippen LogP contribution in [-0.2, 0) is 6.42 Å². The second-order valence-electron chi connectivity index (χ2n) is 5.37. The molecule has 3 heterocycles. The van der Waals surface area contributed by atoms with Crippen molar-refractivity contribution in [3.8, 4) is 10.4 Å². The number of thiophene rings is 2. The van der Waals surface area contributed by atoms with E-state index >= 15 is 0 Å². The molecule has 4 aromatic rings. The standard InChI is InChI=1S/C18H14N2OS2/c1-11-15(13-8-5-9-22-13)16-17(21)19-14(20-18(16)23-11)10-12-6-3-2-4-7-12/h2-9H,10H2,1H3,(H,19,20,21). The van der Waals surface area contributed by atoms with Gasteiger partial charge in [0.2, 0.25) is 0 Å². The van der Waals surface area contributed by atoms with Crippen molar-refractivity contribution in [1.82, 2.24) is 9.97 Å². The van der Waals surface area contributed by atoms with Gasteiger partial charge in [0.1, 0.15) is 10.7 Å². The summed E-state index contributed by atoms with van der Waals surface area (Å²) in [7, 11) is 0. The molecule has 4 rings (SSSR count). The maximum atomic E-state index is 12.6. The average Bonchev–Trinajstić information content (AvgIpc) is 3.15. The second-order valence-corrected chi connectivity index (χ2v) is 7.52. The van der Waals surface area contributed by atoms with Gasteiger partial charge < -0.3 is 4.98 Å². The Morgan fingerprint density at radius 2 is 1.96 bits per heavy atom. The van der Waals surface area contributed by atoms with Gasteiger partial charge in [0, 0.05) is 21.7 Å². The van der Waals surface area contributed by atoms with Gasteiger partial charge in [-0.25, -0.2) is 4.98 Å². The smallest absolute Gasteiger partial charge is 0.260 e. The zero-order valence-electron chi connectivity index (χ0n) is 12.5.